The molecule has 5 heteroatoms. The zero-order chi connectivity index (χ0) is 13.8. The van der Waals surface area contributed by atoms with Gasteiger partial charge >= 0.3 is 11.9 Å². The molecule has 0 saturated carbocycles. The molecule has 4 nitrogen and oxygen atoms in total. The van der Waals surface area contributed by atoms with Gasteiger partial charge in [-0.25, -0.2) is 0 Å². The minimum absolute atomic E-state index is 0.269. The smallest absolute Gasteiger partial charge is 0.320 e. The van der Waals surface area contributed by atoms with Gasteiger partial charge in [0.25, 0.3) is 0 Å². The molecule has 0 radical (unpaired) electrons. The second-order valence-corrected chi connectivity index (χ2v) is 4.53. The summed E-state index contributed by atoms with van der Waals surface area (Å²) in [6, 6.07) is 0. The van der Waals surface area contributed by atoms with Crippen molar-refractivity contribution in [3.05, 3.63) is 12.2 Å². The molecule has 104 valence electrons. The fourth-order valence-corrected chi connectivity index (χ4v) is 1.68. The predicted octanol–water partition coefficient (Wildman–Crippen LogP) is 2.43. The van der Waals surface area contributed by atoms with Crippen LogP contribution in [0, 0.1) is 5.92 Å². The lowest BCUT2D eigenvalue weighted by molar-refractivity contribution is -0.161. The SMILES string of the molecule is CCOC(=O)C(C/C=C/CCSC)C(=O)OCC. The van der Waals surface area contributed by atoms with Crippen LogP contribution in [0.2, 0.25) is 0 Å². The lowest BCUT2D eigenvalue weighted by Gasteiger charge is -2.12. The van der Waals surface area contributed by atoms with Crippen LogP contribution in [0.1, 0.15) is 26.7 Å². The zero-order valence-corrected chi connectivity index (χ0v) is 12.1. The van der Waals surface area contributed by atoms with E-state index in [0.717, 1.165) is 12.2 Å². The van der Waals surface area contributed by atoms with Gasteiger partial charge in [-0.1, -0.05) is 12.2 Å². The Bertz CT molecular complexity index is 258. The van der Waals surface area contributed by atoms with Crippen molar-refractivity contribution in [1.29, 1.82) is 0 Å². The highest BCUT2D eigenvalue weighted by Gasteiger charge is 2.27. The number of carbonyl (C=O) groups is 2. The van der Waals surface area contributed by atoms with E-state index in [0.29, 0.717) is 6.42 Å². The number of rotatable bonds is 9. The highest BCUT2D eigenvalue weighted by Crippen LogP contribution is 2.10. The van der Waals surface area contributed by atoms with Crippen LogP contribution >= 0.6 is 11.8 Å². The van der Waals surface area contributed by atoms with Crippen LogP contribution in [0.3, 0.4) is 0 Å². The number of thioether (sulfide) groups is 1. The molecule has 0 aromatic heterocycles. The van der Waals surface area contributed by atoms with Gasteiger partial charge in [0.15, 0.2) is 5.92 Å². The molecule has 0 N–H and O–H groups in total. The second-order valence-electron chi connectivity index (χ2n) is 3.55. The van der Waals surface area contributed by atoms with Crippen molar-refractivity contribution < 1.29 is 19.1 Å². The zero-order valence-electron chi connectivity index (χ0n) is 11.3. The quantitative estimate of drug-likeness (QED) is 0.280. The summed E-state index contributed by atoms with van der Waals surface area (Å²) in [4.78, 5) is 23.2. The van der Waals surface area contributed by atoms with Gasteiger partial charge < -0.3 is 9.47 Å². The van der Waals surface area contributed by atoms with E-state index in [1.807, 2.05) is 18.4 Å². The Morgan fingerprint density at radius 1 is 1.11 bits per heavy atom. The molecule has 0 aliphatic heterocycles. The summed E-state index contributed by atoms with van der Waals surface area (Å²) in [6.45, 7) is 3.97. The van der Waals surface area contributed by atoms with E-state index in [-0.39, 0.29) is 13.2 Å². The van der Waals surface area contributed by atoms with Crippen LogP contribution < -0.4 is 0 Å². The molecule has 0 spiro atoms. The van der Waals surface area contributed by atoms with Gasteiger partial charge in [-0.15, -0.1) is 0 Å². The topological polar surface area (TPSA) is 52.6 Å². The number of carbonyl (C=O) groups excluding carboxylic acids is 2. The Kier molecular flexibility index (Phi) is 10.5. The highest BCUT2D eigenvalue weighted by atomic mass is 32.2. The molecule has 0 amide bonds. The monoisotopic (exact) mass is 274 g/mol. The van der Waals surface area contributed by atoms with Crippen LogP contribution in [0.5, 0.6) is 0 Å². The van der Waals surface area contributed by atoms with Gasteiger partial charge in [0.2, 0.25) is 0 Å². The minimum atomic E-state index is -0.838. The van der Waals surface area contributed by atoms with Crippen molar-refractivity contribution in [2.45, 2.75) is 26.7 Å². The molecule has 0 saturated heterocycles. The molecule has 0 atom stereocenters. The van der Waals surface area contributed by atoms with Crippen molar-refractivity contribution in [2.24, 2.45) is 5.92 Å². The van der Waals surface area contributed by atoms with Gasteiger partial charge in [-0.3, -0.25) is 9.59 Å². The molecule has 0 bridgehead atoms. The Morgan fingerprint density at radius 3 is 2.11 bits per heavy atom. The average molecular weight is 274 g/mol. The van der Waals surface area contributed by atoms with E-state index in [9.17, 15) is 9.59 Å². The molecule has 18 heavy (non-hydrogen) atoms. The third kappa shape index (κ3) is 7.37. The molecule has 0 fully saturated rings. The standard InChI is InChI=1S/C13H22O4S/c1-4-16-12(14)11(13(15)17-5-2)9-7-6-8-10-18-3/h6-7,11H,4-5,8-10H2,1-3H3/b7-6+. The third-order valence-electron chi connectivity index (χ3n) is 2.17. The molecule has 0 unspecified atom stereocenters. The van der Waals surface area contributed by atoms with Crippen molar-refractivity contribution >= 4 is 23.7 Å². The predicted molar refractivity (Wildman–Crippen MR) is 73.5 cm³/mol. The number of hydrogen-bond acceptors (Lipinski definition) is 5. The van der Waals surface area contributed by atoms with Gasteiger partial charge in [0.1, 0.15) is 0 Å². The summed E-state index contributed by atoms with van der Waals surface area (Å²) in [6.07, 6.45) is 7.12. The molecule has 0 aliphatic carbocycles. The van der Waals surface area contributed by atoms with Crippen molar-refractivity contribution in [3.63, 3.8) is 0 Å². The van der Waals surface area contributed by atoms with Crippen LogP contribution in [0.25, 0.3) is 0 Å². The first-order chi connectivity index (χ1) is 8.67. The second kappa shape index (κ2) is 11.1. The fourth-order valence-electron chi connectivity index (χ4n) is 1.31. The van der Waals surface area contributed by atoms with Crippen molar-refractivity contribution in [3.8, 4) is 0 Å². The lowest BCUT2D eigenvalue weighted by Crippen LogP contribution is -2.27. The molecule has 0 heterocycles. The molecular formula is C13H22O4S. The van der Waals surface area contributed by atoms with Gasteiger partial charge in [-0.2, -0.15) is 11.8 Å². The molecule has 0 aromatic carbocycles. The number of ether oxygens (including phenoxy) is 2. The van der Waals surface area contributed by atoms with Crippen molar-refractivity contribution in [1.82, 2.24) is 0 Å². The van der Waals surface area contributed by atoms with E-state index in [4.69, 9.17) is 9.47 Å². The number of allylic oxidation sites excluding steroid dienone is 2. The first kappa shape index (κ1) is 17.0. The summed E-state index contributed by atoms with van der Waals surface area (Å²) in [5.41, 5.74) is 0. The highest BCUT2D eigenvalue weighted by molar-refractivity contribution is 7.98. The van der Waals surface area contributed by atoms with Gasteiger partial charge in [0.05, 0.1) is 13.2 Å². The van der Waals surface area contributed by atoms with E-state index < -0.39 is 17.9 Å². The van der Waals surface area contributed by atoms with Crippen molar-refractivity contribution in [2.75, 3.05) is 25.2 Å². The fraction of sp³-hybridized carbons (Fsp3) is 0.692. The minimum Gasteiger partial charge on any atom is -0.465 e. The maximum atomic E-state index is 11.6. The summed E-state index contributed by atoms with van der Waals surface area (Å²) < 4.78 is 9.74. The summed E-state index contributed by atoms with van der Waals surface area (Å²) in [5, 5.41) is 0. The summed E-state index contributed by atoms with van der Waals surface area (Å²) >= 11 is 1.75. The third-order valence-corrected chi connectivity index (χ3v) is 2.81. The molecule has 0 aromatic rings. The molecular weight excluding hydrogens is 252 g/mol. The summed E-state index contributed by atoms with van der Waals surface area (Å²) in [5.74, 6) is -0.827. The average Bonchev–Trinajstić information content (AvgIpc) is 2.34. The van der Waals surface area contributed by atoms with E-state index in [1.54, 1.807) is 25.6 Å². The van der Waals surface area contributed by atoms with Crippen LogP contribution in [-0.4, -0.2) is 37.2 Å². The largest absolute Gasteiger partial charge is 0.465 e. The van der Waals surface area contributed by atoms with E-state index in [2.05, 4.69) is 0 Å². The van der Waals surface area contributed by atoms with Gasteiger partial charge in [-0.05, 0) is 38.7 Å². The Morgan fingerprint density at radius 2 is 1.67 bits per heavy atom. The van der Waals surface area contributed by atoms with Crippen LogP contribution in [0.15, 0.2) is 12.2 Å². The van der Waals surface area contributed by atoms with Crippen LogP contribution in [0.4, 0.5) is 0 Å². The first-order valence-electron chi connectivity index (χ1n) is 6.14. The lowest BCUT2D eigenvalue weighted by atomic mass is 10.1. The maximum absolute atomic E-state index is 11.6. The number of esters is 2. The molecule has 0 rings (SSSR count). The maximum Gasteiger partial charge on any atom is 0.320 e. The number of hydrogen-bond donors (Lipinski definition) is 0. The van der Waals surface area contributed by atoms with E-state index >= 15 is 0 Å². The first-order valence-corrected chi connectivity index (χ1v) is 7.53. The Labute approximate surface area is 113 Å². The Hall–Kier alpha value is -0.970. The van der Waals surface area contributed by atoms with E-state index in [1.165, 1.54) is 0 Å². The Balaban J connectivity index is 4.33. The van der Waals surface area contributed by atoms with Gasteiger partial charge in [0, 0.05) is 0 Å². The molecule has 0 aliphatic rings. The van der Waals surface area contributed by atoms with Crippen LogP contribution in [-0.2, 0) is 19.1 Å². The summed E-state index contributed by atoms with van der Waals surface area (Å²) in [7, 11) is 0. The normalized spacial score (nSPS) is 10.9.